The summed E-state index contributed by atoms with van der Waals surface area (Å²) in [5.41, 5.74) is 7.56. The summed E-state index contributed by atoms with van der Waals surface area (Å²) in [7, 11) is 0. The molecule has 0 bridgehead atoms. The topological polar surface area (TPSA) is 67.2 Å². The van der Waals surface area contributed by atoms with Gasteiger partial charge in [0.1, 0.15) is 0 Å². The van der Waals surface area contributed by atoms with Crippen molar-refractivity contribution in [2.45, 2.75) is 39.7 Å². The lowest BCUT2D eigenvalue weighted by molar-refractivity contribution is 0.259. The lowest BCUT2D eigenvalue weighted by Gasteiger charge is -2.23. The number of hydrogen-bond donors (Lipinski definition) is 3. The van der Waals surface area contributed by atoms with Crippen molar-refractivity contribution in [3.8, 4) is 0 Å². The number of amides is 2. The third-order valence-corrected chi connectivity index (χ3v) is 4.56. The number of rotatable bonds is 6. The van der Waals surface area contributed by atoms with Crippen molar-refractivity contribution in [1.82, 2.24) is 5.32 Å². The van der Waals surface area contributed by atoms with E-state index in [9.17, 15) is 4.79 Å². The molecule has 1 aromatic rings. The highest BCUT2D eigenvalue weighted by Crippen LogP contribution is 2.51. The largest absolute Gasteiger partial charge is 0.351 e. The molecule has 1 unspecified atom stereocenters. The number of nitrogens with two attached hydrogens (primary N) is 1. The molecule has 1 fully saturated rings. The van der Waals surface area contributed by atoms with Gasteiger partial charge in [-0.05, 0) is 48.8 Å². The number of carbonyl (C=O) groups is 1. The SMILES string of the molecule is CC(NCC1(C(C)C)CC1)c1ccc(NC(N)=O)cc1. The Bertz CT molecular complexity index is 463. The molecule has 0 saturated heterocycles. The number of carbonyl (C=O) groups excluding carboxylic acids is 1. The highest BCUT2D eigenvalue weighted by atomic mass is 16.2. The van der Waals surface area contributed by atoms with Gasteiger partial charge in [-0.3, -0.25) is 0 Å². The highest BCUT2D eigenvalue weighted by molar-refractivity contribution is 5.87. The van der Waals surface area contributed by atoms with Crippen LogP contribution in [0.3, 0.4) is 0 Å². The van der Waals surface area contributed by atoms with Gasteiger partial charge < -0.3 is 16.4 Å². The van der Waals surface area contributed by atoms with E-state index >= 15 is 0 Å². The van der Waals surface area contributed by atoms with E-state index in [4.69, 9.17) is 5.73 Å². The van der Waals surface area contributed by atoms with Crippen LogP contribution in [0.1, 0.15) is 45.2 Å². The van der Waals surface area contributed by atoms with Crippen LogP contribution in [0, 0.1) is 11.3 Å². The van der Waals surface area contributed by atoms with Crippen LogP contribution in [0.15, 0.2) is 24.3 Å². The van der Waals surface area contributed by atoms with Gasteiger partial charge in [-0.25, -0.2) is 4.79 Å². The minimum Gasteiger partial charge on any atom is -0.351 e. The van der Waals surface area contributed by atoms with E-state index in [1.807, 2.05) is 24.3 Å². The Kier molecular flexibility index (Phi) is 4.33. The summed E-state index contributed by atoms with van der Waals surface area (Å²) < 4.78 is 0. The molecule has 1 saturated carbocycles. The van der Waals surface area contributed by atoms with E-state index in [0.717, 1.165) is 18.2 Å². The summed E-state index contributed by atoms with van der Waals surface area (Å²) in [4.78, 5) is 10.8. The van der Waals surface area contributed by atoms with Gasteiger partial charge in [-0.1, -0.05) is 26.0 Å². The molecule has 0 spiro atoms. The van der Waals surface area contributed by atoms with Crippen molar-refractivity contribution >= 4 is 11.7 Å². The van der Waals surface area contributed by atoms with Crippen molar-refractivity contribution in [1.29, 1.82) is 0 Å². The van der Waals surface area contributed by atoms with Crippen molar-refractivity contribution in [2.24, 2.45) is 17.1 Å². The Balaban J connectivity index is 1.89. The van der Waals surface area contributed by atoms with Gasteiger partial charge in [-0.15, -0.1) is 0 Å². The molecule has 1 aromatic carbocycles. The maximum Gasteiger partial charge on any atom is 0.316 e. The highest BCUT2D eigenvalue weighted by Gasteiger charge is 2.44. The van der Waals surface area contributed by atoms with Crippen LogP contribution in [0.2, 0.25) is 0 Å². The Labute approximate surface area is 121 Å². The Hall–Kier alpha value is -1.55. The van der Waals surface area contributed by atoms with Crippen LogP contribution in [0.25, 0.3) is 0 Å². The molecule has 2 rings (SSSR count). The number of hydrogen-bond acceptors (Lipinski definition) is 2. The first-order chi connectivity index (χ1) is 9.43. The van der Waals surface area contributed by atoms with Crippen LogP contribution in [-0.4, -0.2) is 12.6 Å². The van der Waals surface area contributed by atoms with Crippen LogP contribution in [0.5, 0.6) is 0 Å². The molecule has 1 aliphatic rings. The predicted molar refractivity (Wildman–Crippen MR) is 82.6 cm³/mol. The predicted octanol–water partition coefficient (Wildman–Crippen LogP) is 3.26. The summed E-state index contributed by atoms with van der Waals surface area (Å²) in [6.07, 6.45) is 2.68. The molecular formula is C16H25N3O. The number of primary amides is 1. The lowest BCUT2D eigenvalue weighted by atomic mass is 9.92. The van der Waals surface area contributed by atoms with Crippen molar-refractivity contribution < 1.29 is 4.79 Å². The minimum absolute atomic E-state index is 0.314. The van der Waals surface area contributed by atoms with E-state index in [1.54, 1.807) is 0 Å². The van der Waals surface area contributed by atoms with E-state index < -0.39 is 6.03 Å². The van der Waals surface area contributed by atoms with Gasteiger partial charge in [-0.2, -0.15) is 0 Å². The summed E-state index contributed by atoms with van der Waals surface area (Å²) in [5, 5.41) is 6.20. The second kappa shape index (κ2) is 5.83. The first-order valence-electron chi connectivity index (χ1n) is 7.33. The van der Waals surface area contributed by atoms with Gasteiger partial charge in [0, 0.05) is 18.3 Å². The fraction of sp³-hybridized carbons (Fsp3) is 0.562. The van der Waals surface area contributed by atoms with Crippen molar-refractivity contribution in [2.75, 3.05) is 11.9 Å². The van der Waals surface area contributed by atoms with E-state index in [1.165, 1.54) is 18.4 Å². The third kappa shape index (κ3) is 3.51. The Morgan fingerprint density at radius 1 is 1.25 bits per heavy atom. The van der Waals surface area contributed by atoms with E-state index in [2.05, 4.69) is 31.4 Å². The van der Waals surface area contributed by atoms with E-state index in [-0.39, 0.29) is 0 Å². The molecule has 4 nitrogen and oxygen atoms in total. The second-order valence-electron chi connectivity index (χ2n) is 6.23. The summed E-state index contributed by atoms with van der Waals surface area (Å²) in [6, 6.07) is 7.60. The van der Waals surface area contributed by atoms with Crippen molar-refractivity contribution in [3.63, 3.8) is 0 Å². The summed E-state index contributed by atoms with van der Waals surface area (Å²) in [6.45, 7) is 7.87. The molecule has 1 atom stereocenters. The standard InChI is InChI=1S/C16H25N3O/c1-11(2)16(8-9-16)10-18-12(3)13-4-6-14(7-5-13)19-15(17)20/h4-7,11-12,18H,8-10H2,1-3H3,(H3,17,19,20). The molecule has 4 heteroatoms. The van der Waals surface area contributed by atoms with Gasteiger partial charge in [0.05, 0.1) is 0 Å². The van der Waals surface area contributed by atoms with Crippen LogP contribution >= 0.6 is 0 Å². The molecule has 1 aliphatic carbocycles. The maximum absolute atomic E-state index is 10.8. The monoisotopic (exact) mass is 275 g/mol. The average Bonchev–Trinajstić information content (AvgIpc) is 3.17. The fourth-order valence-corrected chi connectivity index (χ4v) is 2.59. The zero-order valence-electron chi connectivity index (χ0n) is 12.6. The molecule has 20 heavy (non-hydrogen) atoms. The van der Waals surface area contributed by atoms with E-state index in [0.29, 0.717) is 11.5 Å². The normalized spacial score (nSPS) is 17.8. The Morgan fingerprint density at radius 2 is 1.85 bits per heavy atom. The molecule has 2 amide bonds. The number of nitrogens with one attached hydrogen (secondary N) is 2. The van der Waals surface area contributed by atoms with Gasteiger partial charge >= 0.3 is 6.03 Å². The second-order valence-corrected chi connectivity index (χ2v) is 6.23. The maximum atomic E-state index is 10.8. The lowest BCUT2D eigenvalue weighted by Crippen LogP contribution is -2.29. The number of anilines is 1. The minimum atomic E-state index is -0.531. The molecule has 4 N–H and O–H groups in total. The summed E-state index contributed by atoms with van der Waals surface area (Å²) in [5.74, 6) is 0.740. The molecule has 0 aliphatic heterocycles. The smallest absolute Gasteiger partial charge is 0.316 e. The van der Waals surface area contributed by atoms with Crippen LogP contribution in [-0.2, 0) is 0 Å². The van der Waals surface area contributed by atoms with Crippen molar-refractivity contribution in [3.05, 3.63) is 29.8 Å². The van der Waals surface area contributed by atoms with Gasteiger partial charge in [0.2, 0.25) is 0 Å². The average molecular weight is 275 g/mol. The zero-order valence-corrected chi connectivity index (χ0v) is 12.6. The third-order valence-electron chi connectivity index (χ3n) is 4.56. The first-order valence-corrected chi connectivity index (χ1v) is 7.33. The summed E-state index contributed by atoms with van der Waals surface area (Å²) >= 11 is 0. The van der Waals surface area contributed by atoms with Crippen LogP contribution in [0.4, 0.5) is 10.5 Å². The molecular weight excluding hydrogens is 250 g/mol. The van der Waals surface area contributed by atoms with Gasteiger partial charge in [0.15, 0.2) is 0 Å². The molecule has 0 heterocycles. The van der Waals surface area contributed by atoms with Crippen LogP contribution < -0.4 is 16.4 Å². The molecule has 0 radical (unpaired) electrons. The quantitative estimate of drug-likeness (QED) is 0.746. The zero-order chi connectivity index (χ0) is 14.8. The number of benzene rings is 1. The molecule has 110 valence electrons. The fourth-order valence-electron chi connectivity index (χ4n) is 2.59. The Morgan fingerprint density at radius 3 is 2.30 bits per heavy atom. The molecule has 0 aromatic heterocycles. The number of urea groups is 1. The van der Waals surface area contributed by atoms with Gasteiger partial charge in [0.25, 0.3) is 0 Å². The first kappa shape index (κ1) is 14.9.